The fourth-order valence-electron chi connectivity index (χ4n) is 7.85. The minimum atomic E-state index is 0.891. The highest BCUT2D eigenvalue weighted by atomic mass is 16.3. The lowest BCUT2D eigenvalue weighted by Gasteiger charge is -2.24. The Morgan fingerprint density at radius 1 is 0.523 bits per heavy atom. The summed E-state index contributed by atoms with van der Waals surface area (Å²) >= 11 is 0. The lowest BCUT2D eigenvalue weighted by Crippen LogP contribution is -2.03. The van der Waals surface area contributed by atoms with E-state index in [1.165, 1.54) is 60.3 Å². The number of rotatable bonds is 2. The number of hydrogen-bond acceptors (Lipinski definition) is 2. The molecule has 2 nitrogen and oxygen atoms in total. The summed E-state index contributed by atoms with van der Waals surface area (Å²) < 4.78 is 13.4. The molecule has 0 amide bonds. The molecule has 0 unspecified atom stereocenters. The number of fused-ring (bicyclic) bond motifs is 10. The summed E-state index contributed by atoms with van der Waals surface area (Å²) in [5.41, 5.74) is 11.8. The van der Waals surface area contributed by atoms with Gasteiger partial charge in [0, 0.05) is 27.5 Å². The van der Waals surface area contributed by atoms with Crippen molar-refractivity contribution in [3.8, 4) is 22.3 Å². The zero-order valence-electron chi connectivity index (χ0n) is 24.2. The minimum Gasteiger partial charge on any atom is -0.456 e. The zero-order valence-corrected chi connectivity index (χ0v) is 24.2. The Morgan fingerprint density at radius 3 is 2.14 bits per heavy atom. The van der Waals surface area contributed by atoms with Crippen molar-refractivity contribution in [2.24, 2.45) is 0 Å². The Hall–Kier alpha value is -5.34. The number of benzene rings is 6. The second-order valence-electron chi connectivity index (χ2n) is 12.2. The molecule has 0 spiro atoms. The van der Waals surface area contributed by atoms with Crippen LogP contribution in [0.4, 0.5) is 0 Å². The normalized spacial score (nSPS) is 14.3. The van der Waals surface area contributed by atoms with Gasteiger partial charge in [0.2, 0.25) is 0 Å². The van der Waals surface area contributed by atoms with Crippen molar-refractivity contribution in [2.45, 2.75) is 25.7 Å². The fourth-order valence-corrected chi connectivity index (χ4v) is 7.85. The standard InChI is InChI=1S/C42H28O2/c1-2-12-26-23-27(22-21-25(26)11-1)38-29-14-3-5-16-31(29)39(32-17-6-4-15-30(32)38)35-24-34-28-13-7-9-19-36(28)43-41(34)40-33-18-8-10-20-37(33)44-42(35)40/h1-3,5-6,8-12,14,16-24H,4,7,13,15H2. The summed E-state index contributed by atoms with van der Waals surface area (Å²) in [5.74, 6) is 0.980. The predicted octanol–water partition coefficient (Wildman–Crippen LogP) is 11.9. The summed E-state index contributed by atoms with van der Waals surface area (Å²) in [6.07, 6.45) is 13.1. The van der Waals surface area contributed by atoms with Gasteiger partial charge in [-0.15, -0.1) is 0 Å². The number of furan rings is 2. The molecule has 0 radical (unpaired) electrons. The van der Waals surface area contributed by atoms with Crippen LogP contribution >= 0.6 is 0 Å². The molecule has 0 atom stereocenters. The van der Waals surface area contributed by atoms with Crippen LogP contribution in [0, 0.1) is 0 Å². The molecule has 0 N–H and O–H groups in total. The smallest absolute Gasteiger partial charge is 0.147 e. The minimum absolute atomic E-state index is 0.891. The van der Waals surface area contributed by atoms with Gasteiger partial charge in [0.15, 0.2) is 0 Å². The molecule has 2 heteroatoms. The van der Waals surface area contributed by atoms with Crippen LogP contribution in [-0.2, 0) is 12.8 Å². The lowest BCUT2D eigenvalue weighted by molar-refractivity contribution is 0.598. The third-order valence-corrected chi connectivity index (χ3v) is 9.78. The van der Waals surface area contributed by atoms with E-state index in [0.29, 0.717) is 0 Å². The largest absolute Gasteiger partial charge is 0.456 e. The molecular formula is C42H28O2. The summed E-state index contributed by atoms with van der Waals surface area (Å²) in [7, 11) is 0. The molecule has 0 bridgehead atoms. The van der Waals surface area contributed by atoms with Gasteiger partial charge in [0.1, 0.15) is 22.5 Å². The van der Waals surface area contributed by atoms with Crippen LogP contribution in [0.15, 0.2) is 118 Å². The van der Waals surface area contributed by atoms with E-state index in [1.807, 2.05) is 0 Å². The number of aryl methyl sites for hydroxylation is 1. The van der Waals surface area contributed by atoms with Gasteiger partial charge in [-0.05, 0) is 93.8 Å². The van der Waals surface area contributed by atoms with Crippen molar-refractivity contribution in [3.05, 3.63) is 132 Å². The van der Waals surface area contributed by atoms with Crippen molar-refractivity contribution in [3.63, 3.8) is 0 Å². The van der Waals surface area contributed by atoms with Gasteiger partial charge in [-0.25, -0.2) is 0 Å². The topological polar surface area (TPSA) is 26.3 Å². The Bertz CT molecular complexity index is 2550. The number of allylic oxidation sites excluding steroid dienone is 2. The van der Waals surface area contributed by atoms with Gasteiger partial charge < -0.3 is 8.83 Å². The first-order valence-corrected chi connectivity index (χ1v) is 15.6. The second kappa shape index (κ2) is 9.08. The summed E-state index contributed by atoms with van der Waals surface area (Å²) in [4.78, 5) is 0. The summed E-state index contributed by atoms with van der Waals surface area (Å²) in [5, 5.41) is 8.46. The highest BCUT2D eigenvalue weighted by Crippen LogP contribution is 2.50. The Labute approximate surface area is 254 Å². The molecular weight excluding hydrogens is 536 g/mol. The molecule has 8 aromatic rings. The third-order valence-electron chi connectivity index (χ3n) is 9.78. The van der Waals surface area contributed by atoms with Crippen molar-refractivity contribution in [1.82, 2.24) is 0 Å². The first kappa shape index (κ1) is 24.1. The van der Waals surface area contributed by atoms with E-state index in [2.05, 4.69) is 121 Å². The van der Waals surface area contributed by atoms with E-state index in [9.17, 15) is 0 Å². The lowest BCUT2D eigenvalue weighted by atomic mass is 9.79. The summed E-state index contributed by atoms with van der Waals surface area (Å²) in [6, 6.07) is 35.3. The van der Waals surface area contributed by atoms with E-state index in [-0.39, 0.29) is 0 Å². The first-order chi connectivity index (χ1) is 21.8. The molecule has 0 fully saturated rings. The Morgan fingerprint density at radius 2 is 1.25 bits per heavy atom. The highest BCUT2D eigenvalue weighted by Gasteiger charge is 2.27. The van der Waals surface area contributed by atoms with Gasteiger partial charge >= 0.3 is 0 Å². The van der Waals surface area contributed by atoms with Gasteiger partial charge in [0.05, 0.1) is 5.39 Å². The van der Waals surface area contributed by atoms with Gasteiger partial charge in [-0.3, -0.25) is 0 Å². The predicted molar refractivity (Wildman–Crippen MR) is 184 cm³/mol. The van der Waals surface area contributed by atoms with Crippen LogP contribution in [-0.4, -0.2) is 0 Å². The molecule has 10 rings (SSSR count). The molecule has 2 aliphatic carbocycles. The average Bonchev–Trinajstić information content (AvgIpc) is 3.65. The van der Waals surface area contributed by atoms with Crippen LogP contribution in [0.3, 0.4) is 0 Å². The molecule has 6 aromatic carbocycles. The average molecular weight is 565 g/mol. The molecule has 0 saturated carbocycles. The van der Waals surface area contributed by atoms with E-state index < -0.39 is 0 Å². The van der Waals surface area contributed by atoms with E-state index in [0.717, 1.165) is 64.5 Å². The first-order valence-electron chi connectivity index (χ1n) is 15.6. The Kier molecular flexibility index (Phi) is 4.98. The maximum absolute atomic E-state index is 6.78. The van der Waals surface area contributed by atoms with Crippen LogP contribution in [0.25, 0.3) is 88.9 Å². The molecule has 0 aliphatic heterocycles. The van der Waals surface area contributed by atoms with Gasteiger partial charge in [-0.1, -0.05) is 97.1 Å². The zero-order chi connectivity index (χ0) is 28.8. The van der Waals surface area contributed by atoms with Gasteiger partial charge in [-0.2, -0.15) is 0 Å². The molecule has 2 aromatic heterocycles. The Balaban J connectivity index is 1.37. The van der Waals surface area contributed by atoms with E-state index in [4.69, 9.17) is 8.83 Å². The second-order valence-corrected chi connectivity index (χ2v) is 12.2. The SMILES string of the molecule is C1=Cc2c(c(-c3ccc4ccccc4c3)c3ccccc3c2-c2cc3c4c(oc3c3c2oc2ccccc23)C=CCC4)CC1. The van der Waals surface area contributed by atoms with Crippen LogP contribution in [0.2, 0.25) is 0 Å². The van der Waals surface area contributed by atoms with Crippen LogP contribution < -0.4 is 0 Å². The van der Waals surface area contributed by atoms with Crippen LogP contribution in [0.1, 0.15) is 35.3 Å². The van der Waals surface area contributed by atoms with E-state index in [1.54, 1.807) is 0 Å². The molecule has 44 heavy (non-hydrogen) atoms. The molecule has 208 valence electrons. The third kappa shape index (κ3) is 3.31. The monoisotopic (exact) mass is 564 g/mol. The quantitative estimate of drug-likeness (QED) is 0.209. The maximum Gasteiger partial charge on any atom is 0.147 e. The van der Waals surface area contributed by atoms with E-state index >= 15 is 0 Å². The fraction of sp³-hybridized carbons (Fsp3) is 0.0952. The van der Waals surface area contributed by atoms with Crippen molar-refractivity contribution >= 4 is 66.6 Å². The maximum atomic E-state index is 6.78. The van der Waals surface area contributed by atoms with Crippen molar-refractivity contribution < 1.29 is 8.83 Å². The van der Waals surface area contributed by atoms with Crippen molar-refractivity contribution in [2.75, 3.05) is 0 Å². The molecule has 0 saturated heterocycles. The van der Waals surface area contributed by atoms with Crippen LogP contribution in [0.5, 0.6) is 0 Å². The number of para-hydroxylation sites is 1. The molecule has 2 heterocycles. The van der Waals surface area contributed by atoms with Crippen molar-refractivity contribution in [1.29, 1.82) is 0 Å². The molecule has 2 aliphatic rings. The number of hydrogen-bond donors (Lipinski definition) is 0. The highest BCUT2D eigenvalue weighted by molar-refractivity contribution is 6.24. The van der Waals surface area contributed by atoms with Gasteiger partial charge in [0.25, 0.3) is 0 Å². The summed E-state index contributed by atoms with van der Waals surface area (Å²) in [6.45, 7) is 0.